The molecule has 1 N–H and O–H groups in total. The molecular weight excluding hydrogens is 326 g/mol. The molecule has 5 heteroatoms. The van der Waals surface area contributed by atoms with Crippen molar-refractivity contribution in [2.75, 3.05) is 20.2 Å². The van der Waals surface area contributed by atoms with Crippen molar-refractivity contribution in [1.29, 1.82) is 0 Å². The fourth-order valence-corrected chi connectivity index (χ4v) is 3.04. The number of aromatic nitrogens is 2. The molecule has 0 fully saturated rings. The van der Waals surface area contributed by atoms with Crippen molar-refractivity contribution in [3.05, 3.63) is 58.9 Å². The van der Waals surface area contributed by atoms with Crippen molar-refractivity contribution in [2.45, 2.75) is 27.2 Å². The molecule has 3 rings (SSSR count). The summed E-state index contributed by atoms with van der Waals surface area (Å²) in [5.41, 5.74) is 7.12. The van der Waals surface area contributed by atoms with Crippen molar-refractivity contribution in [1.82, 2.24) is 14.3 Å². The van der Waals surface area contributed by atoms with E-state index in [0.717, 1.165) is 28.2 Å². The first-order valence-corrected chi connectivity index (χ1v) is 8.80. The molecule has 2 heterocycles. The van der Waals surface area contributed by atoms with Crippen LogP contribution in [0.3, 0.4) is 0 Å². The molecule has 0 aliphatic heterocycles. The molecule has 5 nitrogen and oxygen atoms in total. The van der Waals surface area contributed by atoms with E-state index in [9.17, 15) is 4.79 Å². The van der Waals surface area contributed by atoms with E-state index in [4.69, 9.17) is 10.1 Å². The average molecular weight is 351 g/mol. The lowest BCUT2D eigenvalue weighted by atomic mass is 10.0. The smallest absolute Gasteiger partial charge is 0.228 e. The maximum atomic E-state index is 12.6. The number of carbonyl (C=O) groups excluding carboxylic acids is 1. The second-order valence-electron chi connectivity index (χ2n) is 6.85. The molecule has 26 heavy (non-hydrogen) atoms. The van der Waals surface area contributed by atoms with Crippen molar-refractivity contribution >= 4 is 11.6 Å². The molecule has 0 radical (unpaired) electrons. The second-order valence-corrected chi connectivity index (χ2v) is 6.85. The van der Waals surface area contributed by atoms with Crippen molar-refractivity contribution < 1.29 is 9.90 Å². The number of nitrogens with zero attached hydrogens (tertiary/aromatic N) is 3. The largest absolute Gasteiger partial charge is 0.395 e. The molecule has 136 valence electrons. The van der Waals surface area contributed by atoms with Gasteiger partial charge in [-0.2, -0.15) is 0 Å². The van der Waals surface area contributed by atoms with Crippen LogP contribution in [-0.4, -0.2) is 45.5 Å². The number of rotatable bonds is 5. The number of aliphatic hydroxyl groups is 1. The number of hydrogen-bond donors (Lipinski definition) is 1. The minimum atomic E-state index is -0.0431. The molecule has 0 saturated carbocycles. The maximum absolute atomic E-state index is 12.6. The maximum Gasteiger partial charge on any atom is 0.228 e. The van der Waals surface area contributed by atoms with Gasteiger partial charge in [0.15, 0.2) is 0 Å². The number of hydrogen-bond acceptors (Lipinski definition) is 3. The highest BCUT2D eigenvalue weighted by Crippen LogP contribution is 2.27. The molecule has 0 unspecified atom stereocenters. The van der Waals surface area contributed by atoms with Gasteiger partial charge in [0.25, 0.3) is 0 Å². The standard InChI is InChI=1S/C21H25N3O2/c1-14-7-8-24-18(13-20(26)23(4)9-10-25)21(22-19(24)11-14)17-6-5-15(2)16(3)12-17/h5-8,11-12,25H,9-10,13H2,1-4H3. The minimum Gasteiger partial charge on any atom is -0.395 e. The summed E-state index contributed by atoms with van der Waals surface area (Å²) < 4.78 is 1.99. The average Bonchev–Trinajstić information content (AvgIpc) is 2.95. The van der Waals surface area contributed by atoms with Crippen molar-refractivity contribution in [3.8, 4) is 11.3 Å². The number of amides is 1. The molecule has 1 amide bonds. The third kappa shape index (κ3) is 3.48. The van der Waals surface area contributed by atoms with E-state index in [-0.39, 0.29) is 18.9 Å². The first-order chi connectivity index (χ1) is 12.4. The lowest BCUT2D eigenvalue weighted by molar-refractivity contribution is -0.129. The predicted octanol–water partition coefficient (Wildman–Crippen LogP) is 2.92. The fraction of sp³-hybridized carbons (Fsp3) is 0.333. The zero-order valence-corrected chi connectivity index (χ0v) is 15.8. The van der Waals surface area contributed by atoms with Gasteiger partial charge in [0, 0.05) is 25.4 Å². The summed E-state index contributed by atoms with van der Waals surface area (Å²) in [6.07, 6.45) is 2.21. The van der Waals surface area contributed by atoms with E-state index in [2.05, 4.69) is 32.0 Å². The first-order valence-electron chi connectivity index (χ1n) is 8.80. The Morgan fingerprint density at radius 2 is 1.92 bits per heavy atom. The lowest BCUT2D eigenvalue weighted by Gasteiger charge is -2.16. The van der Waals surface area contributed by atoms with Gasteiger partial charge in [-0.05, 0) is 55.7 Å². The van der Waals surface area contributed by atoms with Crippen LogP contribution in [0, 0.1) is 20.8 Å². The zero-order chi connectivity index (χ0) is 18.8. The van der Waals surface area contributed by atoms with Crippen LogP contribution in [0.4, 0.5) is 0 Å². The molecular formula is C21H25N3O2. The van der Waals surface area contributed by atoms with Gasteiger partial charge in [0.05, 0.1) is 24.4 Å². The van der Waals surface area contributed by atoms with Gasteiger partial charge in [0.2, 0.25) is 5.91 Å². The number of benzene rings is 1. The van der Waals surface area contributed by atoms with E-state index in [1.165, 1.54) is 11.1 Å². The van der Waals surface area contributed by atoms with Gasteiger partial charge in [0.1, 0.15) is 5.65 Å². The number of imidazole rings is 1. The highest BCUT2D eigenvalue weighted by atomic mass is 16.3. The zero-order valence-electron chi connectivity index (χ0n) is 15.8. The number of fused-ring (bicyclic) bond motifs is 1. The summed E-state index contributed by atoms with van der Waals surface area (Å²) >= 11 is 0. The predicted molar refractivity (Wildman–Crippen MR) is 103 cm³/mol. The fourth-order valence-electron chi connectivity index (χ4n) is 3.04. The highest BCUT2D eigenvalue weighted by molar-refractivity contribution is 5.81. The van der Waals surface area contributed by atoms with Gasteiger partial charge >= 0.3 is 0 Å². The third-order valence-corrected chi connectivity index (χ3v) is 4.84. The summed E-state index contributed by atoms with van der Waals surface area (Å²) in [4.78, 5) is 19.0. The topological polar surface area (TPSA) is 57.8 Å². The Kier molecular flexibility index (Phi) is 5.09. The molecule has 0 saturated heterocycles. The normalized spacial score (nSPS) is 11.1. The molecule has 0 aliphatic carbocycles. The Balaban J connectivity index is 2.12. The molecule has 0 atom stereocenters. The molecule has 0 bridgehead atoms. The van der Waals surface area contributed by atoms with Crippen LogP contribution in [0.1, 0.15) is 22.4 Å². The Bertz CT molecular complexity index is 959. The Hall–Kier alpha value is -2.66. The summed E-state index contributed by atoms with van der Waals surface area (Å²) in [7, 11) is 1.71. The number of aliphatic hydroxyl groups excluding tert-OH is 1. The molecule has 0 aliphatic rings. The SMILES string of the molecule is Cc1ccn2c(CC(=O)N(C)CCO)c(-c3ccc(C)c(C)c3)nc2c1. The Labute approximate surface area is 153 Å². The van der Waals surface area contributed by atoms with Crippen LogP contribution >= 0.6 is 0 Å². The highest BCUT2D eigenvalue weighted by Gasteiger charge is 2.19. The third-order valence-electron chi connectivity index (χ3n) is 4.84. The molecule has 2 aromatic heterocycles. The van der Waals surface area contributed by atoms with E-state index < -0.39 is 0 Å². The first kappa shape index (κ1) is 18.1. The monoisotopic (exact) mass is 351 g/mol. The van der Waals surface area contributed by atoms with Crippen LogP contribution in [0.2, 0.25) is 0 Å². The summed E-state index contributed by atoms with van der Waals surface area (Å²) in [5, 5.41) is 9.09. The van der Waals surface area contributed by atoms with Crippen LogP contribution in [0.5, 0.6) is 0 Å². The van der Waals surface area contributed by atoms with Crippen molar-refractivity contribution in [2.24, 2.45) is 0 Å². The van der Waals surface area contributed by atoms with E-state index in [1.54, 1.807) is 11.9 Å². The van der Waals surface area contributed by atoms with Crippen LogP contribution in [-0.2, 0) is 11.2 Å². The van der Waals surface area contributed by atoms with Gasteiger partial charge in [-0.15, -0.1) is 0 Å². The number of likely N-dealkylation sites (N-methyl/N-ethyl adjacent to an activating group) is 1. The minimum absolute atomic E-state index is 0.0356. The Morgan fingerprint density at radius 1 is 1.15 bits per heavy atom. The lowest BCUT2D eigenvalue weighted by Crippen LogP contribution is -2.31. The molecule has 1 aromatic carbocycles. The van der Waals surface area contributed by atoms with Gasteiger partial charge < -0.3 is 14.4 Å². The second kappa shape index (κ2) is 7.30. The summed E-state index contributed by atoms with van der Waals surface area (Å²) in [6, 6.07) is 10.3. The van der Waals surface area contributed by atoms with E-state index in [1.807, 2.05) is 29.7 Å². The molecule has 0 spiro atoms. The number of pyridine rings is 1. The number of carbonyl (C=O) groups is 1. The van der Waals surface area contributed by atoms with Crippen LogP contribution < -0.4 is 0 Å². The van der Waals surface area contributed by atoms with E-state index in [0.29, 0.717) is 6.54 Å². The molecule has 3 aromatic rings. The summed E-state index contributed by atoms with van der Waals surface area (Å²) in [5.74, 6) is -0.0356. The van der Waals surface area contributed by atoms with Gasteiger partial charge in [-0.3, -0.25) is 4.79 Å². The number of aryl methyl sites for hydroxylation is 3. The van der Waals surface area contributed by atoms with E-state index >= 15 is 0 Å². The van der Waals surface area contributed by atoms with Crippen LogP contribution in [0.25, 0.3) is 16.9 Å². The van der Waals surface area contributed by atoms with Crippen LogP contribution in [0.15, 0.2) is 36.5 Å². The quantitative estimate of drug-likeness (QED) is 0.769. The summed E-state index contributed by atoms with van der Waals surface area (Å²) in [6.45, 7) is 6.48. The Morgan fingerprint density at radius 3 is 2.62 bits per heavy atom. The van der Waals surface area contributed by atoms with Gasteiger partial charge in [-0.1, -0.05) is 12.1 Å². The van der Waals surface area contributed by atoms with Gasteiger partial charge in [-0.25, -0.2) is 4.98 Å². The van der Waals surface area contributed by atoms with Crippen molar-refractivity contribution in [3.63, 3.8) is 0 Å².